The van der Waals surface area contributed by atoms with Gasteiger partial charge in [-0.25, -0.2) is 0 Å². The molecular formula is C18H27NO2. The Bertz CT molecular complexity index is 478. The molecule has 1 aliphatic rings. The molecule has 0 radical (unpaired) electrons. The van der Waals surface area contributed by atoms with Crippen molar-refractivity contribution < 1.29 is 9.53 Å². The normalized spacial score (nSPS) is 16.0. The Morgan fingerprint density at radius 1 is 1.29 bits per heavy atom. The van der Waals surface area contributed by atoms with Crippen LogP contribution in [0.4, 0.5) is 0 Å². The summed E-state index contributed by atoms with van der Waals surface area (Å²) in [4.78, 5) is 14.2. The predicted molar refractivity (Wildman–Crippen MR) is 85.4 cm³/mol. The largest absolute Gasteiger partial charge is 0.381 e. The van der Waals surface area contributed by atoms with E-state index < -0.39 is 0 Å². The molecule has 21 heavy (non-hydrogen) atoms. The Kier molecular flexibility index (Phi) is 5.80. The van der Waals surface area contributed by atoms with Crippen molar-refractivity contribution in [3.8, 4) is 0 Å². The molecule has 1 aromatic carbocycles. The van der Waals surface area contributed by atoms with Crippen LogP contribution in [0.3, 0.4) is 0 Å². The van der Waals surface area contributed by atoms with Gasteiger partial charge in [-0.05, 0) is 50.2 Å². The molecule has 1 saturated heterocycles. The highest BCUT2D eigenvalue weighted by Gasteiger charge is 2.16. The van der Waals surface area contributed by atoms with Gasteiger partial charge >= 0.3 is 0 Å². The highest BCUT2D eigenvalue weighted by molar-refractivity contribution is 5.78. The summed E-state index contributed by atoms with van der Waals surface area (Å²) in [6, 6.07) is 6.32. The van der Waals surface area contributed by atoms with Crippen molar-refractivity contribution in [2.24, 2.45) is 5.92 Å². The van der Waals surface area contributed by atoms with Crippen molar-refractivity contribution in [1.29, 1.82) is 0 Å². The van der Waals surface area contributed by atoms with Gasteiger partial charge in [0.15, 0.2) is 0 Å². The van der Waals surface area contributed by atoms with E-state index in [4.69, 9.17) is 4.74 Å². The number of aryl methyl sites for hydroxylation is 2. The minimum Gasteiger partial charge on any atom is -0.381 e. The van der Waals surface area contributed by atoms with Gasteiger partial charge in [-0.15, -0.1) is 0 Å². The second-order valence-electron chi connectivity index (χ2n) is 6.27. The van der Waals surface area contributed by atoms with Crippen LogP contribution in [0, 0.1) is 19.8 Å². The first kappa shape index (κ1) is 16.0. The van der Waals surface area contributed by atoms with Crippen LogP contribution in [0.2, 0.25) is 0 Å². The van der Waals surface area contributed by atoms with Crippen LogP contribution in [-0.2, 0) is 16.0 Å². The number of likely N-dealkylation sites (N-methyl/N-ethyl adjacent to an activating group) is 1. The van der Waals surface area contributed by atoms with Crippen LogP contribution in [-0.4, -0.2) is 37.6 Å². The molecule has 1 amide bonds. The SMILES string of the molecule is Cc1ccc(C)c(CC(=O)N(C)CCC2CCOCC2)c1. The Labute approximate surface area is 128 Å². The monoisotopic (exact) mass is 289 g/mol. The fourth-order valence-electron chi connectivity index (χ4n) is 2.82. The van der Waals surface area contributed by atoms with Gasteiger partial charge < -0.3 is 9.64 Å². The summed E-state index contributed by atoms with van der Waals surface area (Å²) < 4.78 is 5.38. The number of amides is 1. The van der Waals surface area contributed by atoms with E-state index in [-0.39, 0.29) is 5.91 Å². The number of rotatable bonds is 5. The molecule has 1 fully saturated rings. The number of carbonyl (C=O) groups excluding carboxylic acids is 1. The molecule has 0 saturated carbocycles. The Hall–Kier alpha value is -1.35. The van der Waals surface area contributed by atoms with E-state index in [1.165, 1.54) is 11.1 Å². The number of hydrogen-bond donors (Lipinski definition) is 0. The summed E-state index contributed by atoms with van der Waals surface area (Å²) in [5.41, 5.74) is 3.57. The molecule has 0 aliphatic carbocycles. The smallest absolute Gasteiger partial charge is 0.226 e. The van der Waals surface area contributed by atoms with Gasteiger partial charge in [0.25, 0.3) is 0 Å². The average molecular weight is 289 g/mol. The van der Waals surface area contributed by atoms with Gasteiger partial charge in [0.2, 0.25) is 5.91 Å². The number of nitrogens with zero attached hydrogens (tertiary/aromatic N) is 1. The summed E-state index contributed by atoms with van der Waals surface area (Å²) >= 11 is 0. The van der Waals surface area contributed by atoms with Gasteiger partial charge in [0.05, 0.1) is 6.42 Å². The topological polar surface area (TPSA) is 29.5 Å². The second-order valence-corrected chi connectivity index (χ2v) is 6.27. The van der Waals surface area contributed by atoms with E-state index in [1.54, 1.807) is 0 Å². The highest BCUT2D eigenvalue weighted by atomic mass is 16.5. The molecule has 0 unspecified atom stereocenters. The number of ether oxygens (including phenoxy) is 1. The molecular weight excluding hydrogens is 262 g/mol. The molecule has 2 rings (SSSR count). The lowest BCUT2D eigenvalue weighted by atomic mass is 9.96. The minimum atomic E-state index is 0.218. The van der Waals surface area contributed by atoms with Crippen LogP contribution >= 0.6 is 0 Å². The van der Waals surface area contributed by atoms with Crippen molar-refractivity contribution in [3.05, 3.63) is 34.9 Å². The van der Waals surface area contributed by atoms with Crippen molar-refractivity contribution in [2.75, 3.05) is 26.8 Å². The molecule has 1 aromatic rings. The minimum absolute atomic E-state index is 0.218. The highest BCUT2D eigenvalue weighted by Crippen LogP contribution is 2.19. The van der Waals surface area contributed by atoms with E-state index in [0.29, 0.717) is 6.42 Å². The molecule has 1 heterocycles. The molecule has 0 aromatic heterocycles. The Morgan fingerprint density at radius 2 is 2.00 bits per heavy atom. The lowest BCUT2D eigenvalue weighted by Gasteiger charge is -2.25. The Balaban J connectivity index is 1.82. The fourth-order valence-corrected chi connectivity index (χ4v) is 2.82. The quantitative estimate of drug-likeness (QED) is 0.833. The standard InChI is InChI=1S/C18H27NO2/c1-14-4-5-15(2)17(12-14)13-18(20)19(3)9-6-16-7-10-21-11-8-16/h4-5,12,16H,6-11,13H2,1-3H3. The van der Waals surface area contributed by atoms with Crippen LogP contribution in [0.1, 0.15) is 36.0 Å². The third kappa shape index (κ3) is 4.85. The zero-order valence-corrected chi connectivity index (χ0v) is 13.5. The maximum Gasteiger partial charge on any atom is 0.226 e. The van der Waals surface area contributed by atoms with E-state index in [1.807, 2.05) is 11.9 Å². The van der Waals surface area contributed by atoms with Crippen LogP contribution in [0.25, 0.3) is 0 Å². The maximum absolute atomic E-state index is 12.3. The third-order valence-electron chi connectivity index (χ3n) is 4.49. The lowest BCUT2D eigenvalue weighted by molar-refractivity contribution is -0.129. The van der Waals surface area contributed by atoms with E-state index in [2.05, 4.69) is 32.0 Å². The Morgan fingerprint density at radius 3 is 2.71 bits per heavy atom. The van der Waals surface area contributed by atoms with Crippen molar-refractivity contribution >= 4 is 5.91 Å². The summed E-state index contributed by atoms with van der Waals surface area (Å²) in [6.45, 7) is 6.76. The predicted octanol–water partition coefficient (Wildman–Crippen LogP) is 3.12. The number of carbonyl (C=O) groups is 1. The van der Waals surface area contributed by atoms with Crippen molar-refractivity contribution in [1.82, 2.24) is 4.90 Å². The van der Waals surface area contributed by atoms with E-state index in [0.717, 1.165) is 50.5 Å². The summed E-state index contributed by atoms with van der Waals surface area (Å²) in [7, 11) is 1.92. The molecule has 1 aliphatic heterocycles. The van der Waals surface area contributed by atoms with E-state index >= 15 is 0 Å². The molecule has 0 N–H and O–H groups in total. The first-order valence-electron chi connectivity index (χ1n) is 7.94. The maximum atomic E-state index is 12.3. The lowest BCUT2D eigenvalue weighted by Crippen LogP contribution is -2.31. The molecule has 0 spiro atoms. The van der Waals surface area contributed by atoms with Gasteiger partial charge in [-0.1, -0.05) is 23.8 Å². The van der Waals surface area contributed by atoms with Crippen molar-refractivity contribution in [3.63, 3.8) is 0 Å². The first-order valence-corrected chi connectivity index (χ1v) is 7.94. The summed E-state index contributed by atoms with van der Waals surface area (Å²) in [5.74, 6) is 0.936. The molecule has 0 bridgehead atoms. The zero-order valence-electron chi connectivity index (χ0n) is 13.5. The molecule has 116 valence electrons. The van der Waals surface area contributed by atoms with Gasteiger partial charge in [0.1, 0.15) is 0 Å². The van der Waals surface area contributed by atoms with Crippen molar-refractivity contribution in [2.45, 2.75) is 39.5 Å². The molecule has 3 nitrogen and oxygen atoms in total. The second kappa shape index (κ2) is 7.60. The third-order valence-corrected chi connectivity index (χ3v) is 4.49. The van der Waals surface area contributed by atoms with Crippen LogP contribution < -0.4 is 0 Å². The van der Waals surface area contributed by atoms with Gasteiger partial charge in [-0.2, -0.15) is 0 Å². The molecule has 0 atom stereocenters. The zero-order chi connectivity index (χ0) is 15.2. The van der Waals surface area contributed by atoms with Crippen LogP contribution in [0.15, 0.2) is 18.2 Å². The van der Waals surface area contributed by atoms with E-state index in [9.17, 15) is 4.79 Å². The van der Waals surface area contributed by atoms with Gasteiger partial charge in [0, 0.05) is 26.8 Å². The van der Waals surface area contributed by atoms with Crippen LogP contribution in [0.5, 0.6) is 0 Å². The first-order chi connectivity index (χ1) is 10.1. The fraction of sp³-hybridized carbons (Fsp3) is 0.611. The molecule has 3 heteroatoms. The summed E-state index contributed by atoms with van der Waals surface area (Å²) in [6.07, 6.45) is 3.88. The van der Waals surface area contributed by atoms with Gasteiger partial charge in [-0.3, -0.25) is 4.79 Å². The number of hydrogen-bond acceptors (Lipinski definition) is 2. The average Bonchev–Trinajstić information content (AvgIpc) is 2.49. The number of benzene rings is 1. The summed E-state index contributed by atoms with van der Waals surface area (Å²) in [5, 5.41) is 0.